The van der Waals surface area contributed by atoms with Crippen LogP contribution >= 0.6 is 0 Å². The molecule has 4 nitrogen and oxygen atoms in total. The molecule has 1 aliphatic carbocycles. The predicted octanol–water partition coefficient (Wildman–Crippen LogP) is 10.3. The van der Waals surface area contributed by atoms with E-state index in [9.17, 15) is 31.1 Å². The molecule has 0 aromatic heterocycles. The van der Waals surface area contributed by atoms with Crippen molar-refractivity contribution in [1.29, 1.82) is 0 Å². The summed E-state index contributed by atoms with van der Waals surface area (Å²) in [5, 5.41) is 0. The number of anilines is 1. The molecule has 2 aromatic carbocycles. The van der Waals surface area contributed by atoms with Gasteiger partial charge in [0.25, 0.3) is 0 Å². The lowest BCUT2D eigenvalue weighted by atomic mass is 9.77. The minimum atomic E-state index is -4.58. The number of hydrogen-bond acceptors (Lipinski definition) is 3. The first-order chi connectivity index (χ1) is 22.6. The lowest BCUT2D eigenvalue weighted by Crippen LogP contribution is -2.33. The second-order valence-corrected chi connectivity index (χ2v) is 15.1. The van der Waals surface area contributed by atoms with Gasteiger partial charge in [-0.05, 0) is 55.9 Å². The van der Waals surface area contributed by atoms with Gasteiger partial charge in [0.2, 0.25) is 11.5 Å². The summed E-state index contributed by atoms with van der Waals surface area (Å²) >= 11 is 0. The van der Waals surface area contributed by atoms with Crippen LogP contribution in [0.4, 0.5) is 37.7 Å². The molecule has 0 fully saturated rings. The number of hydrogen-bond donors (Lipinski definition) is 0. The molecular formula is C39H45F6N2O2+. The second-order valence-electron chi connectivity index (χ2n) is 15.1. The van der Waals surface area contributed by atoms with Crippen molar-refractivity contribution < 1.29 is 40.4 Å². The summed E-state index contributed by atoms with van der Waals surface area (Å²) in [5.74, 6) is 0.304. The molecule has 2 heterocycles. The first-order valence-electron chi connectivity index (χ1n) is 16.7. The van der Waals surface area contributed by atoms with Crippen LogP contribution in [-0.2, 0) is 32.7 Å². The fraction of sp³-hybridized carbons (Fsp3) is 0.487. The number of alkyl halides is 6. The Bertz CT molecular complexity index is 1800. The highest BCUT2D eigenvalue weighted by Gasteiger charge is 2.52. The van der Waals surface area contributed by atoms with Crippen LogP contribution < -0.4 is 4.90 Å². The SMILES string of the molecule is COC1=C(/C=C2\N(CCC(C)C)c3c(C(F)(F)F)cccc3C2(C)C)C(=O)/C1=C/C1=[N+](CCC(C)C)c2c(C(F)(F)F)cccc2C1(C)C. The molecule has 3 aliphatic rings. The summed E-state index contributed by atoms with van der Waals surface area (Å²) in [6.07, 6.45) is -4.65. The Labute approximate surface area is 284 Å². The number of carbonyl (C=O) groups is 1. The van der Waals surface area contributed by atoms with Gasteiger partial charge in [-0.25, -0.2) is 0 Å². The molecule has 5 rings (SSSR count). The van der Waals surface area contributed by atoms with E-state index in [0.717, 1.165) is 12.1 Å². The summed E-state index contributed by atoms with van der Waals surface area (Å²) in [7, 11) is 1.42. The van der Waals surface area contributed by atoms with Crippen molar-refractivity contribution in [3.63, 3.8) is 0 Å². The Morgan fingerprint density at radius 2 is 1.39 bits per heavy atom. The zero-order valence-electron chi connectivity index (χ0n) is 29.6. The monoisotopic (exact) mass is 687 g/mol. The number of carbonyl (C=O) groups excluding carboxylic acids is 1. The van der Waals surface area contributed by atoms with E-state index in [4.69, 9.17) is 4.74 Å². The smallest absolute Gasteiger partial charge is 0.422 e. The van der Waals surface area contributed by atoms with Gasteiger partial charge < -0.3 is 9.64 Å². The van der Waals surface area contributed by atoms with Crippen molar-refractivity contribution in [2.24, 2.45) is 11.8 Å². The largest absolute Gasteiger partial charge is 0.495 e. The van der Waals surface area contributed by atoms with Crippen molar-refractivity contribution in [2.45, 2.75) is 91.4 Å². The minimum Gasteiger partial charge on any atom is -0.495 e. The molecule has 0 saturated heterocycles. The second kappa shape index (κ2) is 12.5. The molecule has 0 unspecified atom stereocenters. The maximum atomic E-state index is 14.3. The minimum absolute atomic E-state index is 0.0938. The number of nitrogens with zero attached hydrogens (tertiary/aromatic N) is 2. The standard InChI is InChI=1S/C39H45F6N2O2/c1-22(2)16-18-46-30(36(5,6)26-12-10-14-28(32(26)46)38(40,41)42)20-24-34(48)25(35(24)49-9)21-31-37(7,8)27-13-11-15-29(39(43,44)45)33(27)47(31)19-17-23(3)4/h10-15,20-23H,16-19H2,1-9H3/q+1. The Kier molecular flexibility index (Phi) is 9.30. The molecule has 0 spiro atoms. The van der Waals surface area contributed by atoms with Crippen molar-refractivity contribution in [3.8, 4) is 0 Å². The van der Waals surface area contributed by atoms with Crippen LogP contribution in [0.3, 0.4) is 0 Å². The number of methoxy groups -OCH3 is 1. The first-order valence-corrected chi connectivity index (χ1v) is 16.7. The average Bonchev–Trinajstić information content (AvgIpc) is 3.34. The molecular weight excluding hydrogens is 642 g/mol. The Hall–Kier alpha value is -3.82. The van der Waals surface area contributed by atoms with Crippen molar-refractivity contribution in [1.82, 2.24) is 0 Å². The summed E-state index contributed by atoms with van der Waals surface area (Å²) in [6.45, 7) is 16.0. The Morgan fingerprint density at radius 3 is 1.94 bits per heavy atom. The predicted molar refractivity (Wildman–Crippen MR) is 180 cm³/mol. The molecule has 0 bridgehead atoms. The van der Waals surface area contributed by atoms with Crippen molar-refractivity contribution >= 4 is 22.9 Å². The highest BCUT2D eigenvalue weighted by Crippen LogP contribution is 2.54. The maximum absolute atomic E-state index is 14.3. The highest BCUT2D eigenvalue weighted by atomic mass is 19.4. The number of rotatable bonds is 9. The lowest BCUT2D eigenvalue weighted by molar-refractivity contribution is -0.441. The molecule has 0 amide bonds. The van der Waals surface area contributed by atoms with Crippen LogP contribution in [0.25, 0.3) is 0 Å². The number of benzene rings is 2. The van der Waals surface area contributed by atoms with E-state index >= 15 is 0 Å². The van der Waals surface area contributed by atoms with E-state index in [2.05, 4.69) is 0 Å². The van der Waals surface area contributed by atoms with Crippen LogP contribution in [0.2, 0.25) is 0 Å². The third-order valence-electron chi connectivity index (χ3n) is 10.0. The van der Waals surface area contributed by atoms with Gasteiger partial charge in [0, 0.05) is 35.7 Å². The van der Waals surface area contributed by atoms with Gasteiger partial charge >= 0.3 is 12.4 Å². The van der Waals surface area contributed by atoms with Crippen LogP contribution in [0.15, 0.2) is 71.2 Å². The average molecular weight is 688 g/mol. The van der Waals surface area contributed by atoms with Gasteiger partial charge in [-0.15, -0.1) is 0 Å². The van der Waals surface area contributed by atoms with Crippen molar-refractivity contribution in [3.05, 3.63) is 93.4 Å². The van der Waals surface area contributed by atoms with Crippen molar-refractivity contribution in [2.75, 3.05) is 25.1 Å². The molecule has 0 saturated carbocycles. The molecule has 10 heteroatoms. The summed E-state index contributed by atoms with van der Waals surface area (Å²) in [6, 6.07) is 8.40. The van der Waals surface area contributed by atoms with E-state index in [0.29, 0.717) is 48.5 Å². The number of ether oxygens (including phenoxy) is 1. The van der Waals surface area contributed by atoms with E-state index in [1.807, 2.05) is 55.4 Å². The first kappa shape index (κ1) is 36.5. The number of halogens is 6. The molecule has 0 atom stereocenters. The van der Waals surface area contributed by atoms with Gasteiger partial charge in [0.05, 0.1) is 34.9 Å². The molecule has 0 N–H and O–H groups in total. The zero-order valence-corrected chi connectivity index (χ0v) is 29.6. The van der Waals surface area contributed by atoms with Crippen LogP contribution in [0.5, 0.6) is 0 Å². The lowest BCUT2D eigenvalue weighted by Gasteiger charge is -2.31. The quantitative estimate of drug-likeness (QED) is 0.149. The molecule has 0 radical (unpaired) electrons. The van der Waals surface area contributed by atoms with Gasteiger partial charge in [-0.3, -0.25) is 4.79 Å². The number of ketones is 1. The van der Waals surface area contributed by atoms with Crippen LogP contribution in [0, 0.1) is 11.8 Å². The fourth-order valence-electron chi connectivity index (χ4n) is 7.27. The number of Topliss-reactive ketones (excluding diaryl/α,β-unsaturated/α-hetero) is 1. The van der Waals surface area contributed by atoms with E-state index < -0.39 is 34.3 Å². The maximum Gasteiger partial charge on any atom is 0.422 e. The van der Waals surface area contributed by atoms with E-state index in [1.54, 1.807) is 33.8 Å². The third kappa shape index (κ3) is 6.25. The van der Waals surface area contributed by atoms with Gasteiger partial charge in [-0.1, -0.05) is 65.8 Å². The summed E-state index contributed by atoms with van der Waals surface area (Å²) in [4.78, 5) is 15.7. The molecule has 264 valence electrons. The zero-order chi connectivity index (χ0) is 36.4. The van der Waals surface area contributed by atoms with E-state index in [1.165, 1.54) is 19.2 Å². The molecule has 49 heavy (non-hydrogen) atoms. The summed E-state index contributed by atoms with van der Waals surface area (Å²) < 4.78 is 93.4. The topological polar surface area (TPSA) is 32.5 Å². The highest BCUT2D eigenvalue weighted by molar-refractivity contribution is 6.24. The van der Waals surface area contributed by atoms with E-state index in [-0.39, 0.29) is 45.9 Å². The van der Waals surface area contributed by atoms with Crippen LogP contribution in [-0.4, -0.2) is 36.3 Å². The number of para-hydroxylation sites is 2. The normalized spacial score (nSPS) is 20.3. The number of fused-ring (bicyclic) bond motifs is 2. The summed E-state index contributed by atoms with van der Waals surface area (Å²) in [5.41, 5.74) is -0.460. The molecule has 2 aliphatic heterocycles. The van der Waals surface area contributed by atoms with Gasteiger partial charge in [-0.2, -0.15) is 30.9 Å². The Morgan fingerprint density at radius 1 is 0.816 bits per heavy atom. The fourth-order valence-corrected chi connectivity index (χ4v) is 7.27. The van der Waals surface area contributed by atoms with Gasteiger partial charge in [0.15, 0.2) is 5.71 Å². The van der Waals surface area contributed by atoms with Gasteiger partial charge in [0.1, 0.15) is 17.9 Å². The molecule has 2 aromatic rings. The number of allylic oxidation sites excluding steroid dienone is 5. The third-order valence-corrected chi connectivity index (χ3v) is 10.0. The van der Waals surface area contributed by atoms with Crippen LogP contribution in [0.1, 0.15) is 90.5 Å². The Balaban J connectivity index is 1.69.